The number of anilines is 2. The van der Waals surface area contributed by atoms with Crippen molar-refractivity contribution in [2.75, 3.05) is 18.1 Å². The second-order valence-electron chi connectivity index (χ2n) is 10.5. The van der Waals surface area contributed by atoms with Crippen LogP contribution in [0.3, 0.4) is 0 Å². The molecule has 2 aromatic heterocycles. The van der Waals surface area contributed by atoms with Crippen LogP contribution in [0.4, 0.5) is 20.8 Å². The smallest absolute Gasteiger partial charge is 0.407 e. The molecule has 3 rings (SSSR count). The van der Waals surface area contributed by atoms with E-state index in [1.54, 1.807) is 17.7 Å². The van der Waals surface area contributed by atoms with Gasteiger partial charge in [-0.05, 0) is 47.5 Å². The van der Waals surface area contributed by atoms with E-state index in [9.17, 15) is 28.2 Å². The van der Waals surface area contributed by atoms with E-state index in [-0.39, 0.29) is 36.4 Å². The average Bonchev–Trinajstić information content (AvgIpc) is 3.09. The first-order chi connectivity index (χ1) is 16.4. The van der Waals surface area contributed by atoms with Crippen molar-refractivity contribution in [3.05, 3.63) is 29.3 Å². The quantitative estimate of drug-likeness (QED) is 0.514. The molecular weight excluding hydrogens is 493 g/mol. The predicted molar refractivity (Wildman–Crippen MR) is 130 cm³/mol. The Hall–Kier alpha value is -3.22. The number of carboxylic acid groups (broad SMARTS) is 2. The standard InChI is InChI=1S/C23H32FN5O6S/c1-13-9-18(27-29(13)22(3,4)5)26-17-10-16(36(6,34)35)19(24)15(25-17)12-23(20(30)31)7-8-28(21(32)33)14(2)11-23/h9-10,14H,7-8,11-12H2,1-6H3,(H,30,31)(H,32,33)(H,25,26,27)/t14-,23?/m1/s1. The molecule has 11 nitrogen and oxygen atoms in total. The second kappa shape index (κ2) is 9.34. The molecule has 1 aliphatic rings. The van der Waals surface area contributed by atoms with E-state index < -0.39 is 50.5 Å². The Bertz CT molecular complexity index is 1300. The number of piperidine rings is 1. The van der Waals surface area contributed by atoms with Gasteiger partial charge in [-0.3, -0.25) is 9.48 Å². The lowest BCUT2D eigenvalue weighted by Gasteiger charge is -2.42. The van der Waals surface area contributed by atoms with Gasteiger partial charge in [0.25, 0.3) is 0 Å². The summed E-state index contributed by atoms with van der Waals surface area (Å²) >= 11 is 0. The summed E-state index contributed by atoms with van der Waals surface area (Å²) in [5.74, 6) is -1.97. The summed E-state index contributed by atoms with van der Waals surface area (Å²) in [7, 11) is -4.02. The monoisotopic (exact) mass is 525 g/mol. The maximum absolute atomic E-state index is 15.4. The highest BCUT2D eigenvalue weighted by molar-refractivity contribution is 7.90. The van der Waals surface area contributed by atoms with Gasteiger partial charge in [-0.2, -0.15) is 5.10 Å². The summed E-state index contributed by atoms with van der Waals surface area (Å²) in [4.78, 5) is 28.6. The Kier molecular flexibility index (Phi) is 7.10. The largest absolute Gasteiger partial charge is 0.481 e. The number of nitrogens with one attached hydrogen (secondary N) is 1. The number of hydrogen-bond donors (Lipinski definition) is 3. The molecule has 36 heavy (non-hydrogen) atoms. The first kappa shape index (κ1) is 27.4. The molecule has 1 amide bonds. The van der Waals surface area contributed by atoms with Crippen LogP contribution in [0.2, 0.25) is 0 Å². The second-order valence-corrected chi connectivity index (χ2v) is 12.4. The number of aryl methyl sites for hydroxylation is 1. The van der Waals surface area contributed by atoms with Gasteiger partial charge < -0.3 is 20.4 Å². The molecule has 198 valence electrons. The Morgan fingerprint density at radius 1 is 1.25 bits per heavy atom. The van der Waals surface area contributed by atoms with Crippen LogP contribution >= 0.6 is 0 Å². The van der Waals surface area contributed by atoms with Gasteiger partial charge in [-0.25, -0.2) is 22.6 Å². The predicted octanol–water partition coefficient (Wildman–Crippen LogP) is 3.40. The van der Waals surface area contributed by atoms with Gasteiger partial charge in [0.1, 0.15) is 10.7 Å². The molecule has 0 spiro atoms. The number of rotatable bonds is 6. The minimum Gasteiger partial charge on any atom is -0.481 e. The highest BCUT2D eigenvalue weighted by atomic mass is 32.2. The van der Waals surface area contributed by atoms with E-state index >= 15 is 4.39 Å². The Morgan fingerprint density at radius 3 is 2.36 bits per heavy atom. The van der Waals surface area contributed by atoms with Crippen molar-refractivity contribution < 1.29 is 32.6 Å². The fourth-order valence-corrected chi connectivity index (χ4v) is 5.49. The molecule has 13 heteroatoms. The number of aliphatic carboxylic acids is 1. The zero-order valence-corrected chi connectivity index (χ0v) is 22.0. The Morgan fingerprint density at radius 2 is 1.89 bits per heavy atom. The number of halogens is 1. The van der Waals surface area contributed by atoms with Gasteiger partial charge in [-0.1, -0.05) is 0 Å². The van der Waals surface area contributed by atoms with Crippen molar-refractivity contribution in [1.82, 2.24) is 19.7 Å². The third kappa shape index (κ3) is 5.45. The highest BCUT2D eigenvalue weighted by Crippen LogP contribution is 2.39. The number of carbonyl (C=O) groups is 2. The Balaban J connectivity index is 2.05. The number of hydrogen-bond acceptors (Lipinski definition) is 7. The molecular formula is C23H32FN5O6S. The van der Waals surface area contributed by atoms with Crippen molar-refractivity contribution >= 4 is 33.5 Å². The molecule has 0 saturated carbocycles. The van der Waals surface area contributed by atoms with Gasteiger partial charge in [0, 0.05) is 43.1 Å². The van der Waals surface area contributed by atoms with Crippen molar-refractivity contribution in [1.29, 1.82) is 0 Å². The van der Waals surface area contributed by atoms with Gasteiger partial charge in [0.15, 0.2) is 21.5 Å². The van der Waals surface area contributed by atoms with Crippen LogP contribution in [0, 0.1) is 18.2 Å². The minimum atomic E-state index is -4.02. The zero-order valence-electron chi connectivity index (χ0n) is 21.2. The Labute approximate surface area is 209 Å². The van der Waals surface area contributed by atoms with Gasteiger partial charge in [0.2, 0.25) is 0 Å². The van der Waals surface area contributed by atoms with Crippen molar-refractivity contribution in [3.63, 3.8) is 0 Å². The average molecular weight is 526 g/mol. The van der Waals surface area contributed by atoms with Crippen LogP contribution in [0.25, 0.3) is 0 Å². The lowest BCUT2D eigenvalue weighted by molar-refractivity contribution is -0.153. The van der Waals surface area contributed by atoms with Crippen molar-refractivity contribution in [3.8, 4) is 0 Å². The molecule has 0 aromatic carbocycles. The first-order valence-electron chi connectivity index (χ1n) is 11.4. The molecule has 2 atom stereocenters. The summed E-state index contributed by atoms with van der Waals surface area (Å²) in [6.45, 7) is 9.29. The topological polar surface area (TPSA) is 155 Å². The number of sulfone groups is 1. The fourth-order valence-electron chi connectivity index (χ4n) is 4.72. The number of likely N-dealkylation sites (tertiary alicyclic amines) is 1. The first-order valence-corrected chi connectivity index (χ1v) is 13.3. The third-order valence-electron chi connectivity index (χ3n) is 6.43. The molecule has 1 fully saturated rings. The summed E-state index contributed by atoms with van der Waals surface area (Å²) in [6, 6.07) is 2.16. The van der Waals surface area contributed by atoms with Crippen LogP contribution < -0.4 is 5.32 Å². The number of carboxylic acids is 1. The molecule has 3 N–H and O–H groups in total. The van der Waals surface area contributed by atoms with E-state index in [0.29, 0.717) is 5.82 Å². The normalized spacial score (nSPS) is 20.9. The maximum atomic E-state index is 15.4. The molecule has 1 saturated heterocycles. The molecule has 0 radical (unpaired) electrons. The van der Waals surface area contributed by atoms with E-state index in [0.717, 1.165) is 22.9 Å². The van der Waals surface area contributed by atoms with E-state index in [4.69, 9.17) is 0 Å². The number of nitrogens with zero attached hydrogens (tertiary/aromatic N) is 4. The summed E-state index contributed by atoms with van der Waals surface area (Å²) in [6.07, 6.45) is -0.851. The van der Waals surface area contributed by atoms with E-state index in [1.165, 1.54) is 0 Å². The van der Waals surface area contributed by atoms with Crippen LogP contribution in [0.15, 0.2) is 17.0 Å². The zero-order chi connectivity index (χ0) is 27.2. The van der Waals surface area contributed by atoms with Crippen molar-refractivity contribution in [2.24, 2.45) is 5.41 Å². The van der Waals surface area contributed by atoms with E-state index in [2.05, 4.69) is 15.4 Å². The van der Waals surface area contributed by atoms with Crippen LogP contribution in [-0.2, 0) is 26.6 Å². The SMILES string of the molecule is Cc1cc(Nc2cc(S(C)(=O)=O)c(F)c(CC3(C(=O)O)CCN(C(=O)O)[C@H](C)C3)n2)nn1C(C)(C)C. The van der Waals surface area contributed by atoms with Crippen LogP contribution in [-0.4, -0.2) is 69.2 Å². The van der Waals surface area contributed by atoms with E-state index in [1.807, 2.05) is 27.7 Å². The molecule has 1 aliphatic heterocycles. The number of amides is 1. The number of pyridine rings is 1. The summed E-state index contributed by atoms with van der Waals surface area (Å²) in [5.41, 5.74) is -1.33. The number of aromatic nitrogens is 3. The maximum Gasteiger partial charge on any atom is 0.407 e. The molecule has 2 aromatic rings. The highest BCUT2D eigenvalue weighted by Gasteiger charge is 2.46. The van der Waals surface area contributed by atoms with Gasteiger partial charge >= 0.3 is 12.1 Å². The molecule has 0 aliphatic carbocycles. The molecule has 0 bridgehead atoms. The molecule has 1 unspecified atom stereocenters. The van der Waals surface area contributed by atoms with Gasteiger partial charge in [-0.15, -0.1) is 0 Å². The van der Waals surface area contributed by atoms with Crippen LogP contribution in [0.1, 0.15) is 51.9 Å². The van der Waals surface area contributed by atoms with Crippen molar-refractivity contribution in [2.45, 2.75) is 70.4 Å². The molecule has 3 heterocycles. The van der Waals surface area contributed by atoms with Crippen LogP contribution in [0.5, 0.6) is 0 Å². The lowest BCUT2D eigenvalue weighted by atomic mass is 9.72. The van der Waals surface area contributed by atoms with Gasteiger partial charge in [0.05, 0.1) is 16.6 Å². The third-order valence-corrected chi connectivity index (χ3v) is 7.52. The lowest BCUT2D eigenvalue weighted by Crippen LogP contribution is -2.51. The summed E-state index contributed by atoms with van der Waals surface area (Å²) in [5, 5.41) is 26.8. The summed E-state index contributed by atoms with van der Waals surface area (Å²) < 4.78 is 41.9. The fraction of sp³-hybridized carbons (Fsp3) is 0.565. The minimum absolute atomic E-state index is 0.00180.